The number of hydrogen-bond acceptors (Lipinski definition) is 0. The highest BCUT2D eigenvalue weighted by atomic mass is 15.0. The van der Waals surface area contributed by atoms with Gasteiger partial charge in [-0.15, -0.1) is 0 Å². The maximum absolute atomic E-state index is 2.61. The summed E-state index contributed by atoms with van der Waals surface area (Å²) in [6.07, 6.45) is 3.57. The second-order valence-corrected chi connectivity index (χ2v) is 12.1. The number of hydrogen-bond donors (Lipinski definition) is 0. The lowest BCUT2D eigenvalue weighted by Gasteiger charge is -2.22. The molecule has 0 fully saturated rings. The van der Waals surface area contributed by atoms with E-state index in [1.807, 2.05) is 0 Å². The molecule has 0 N–H and O–H groups in total. The molecule has 0 radical (unpaired) electrons. The highest BCUT2D eigenvalue weighted by Crippen LogP contribution is 2.54. The number of benzene rings is 4. The monoisotopic (exact) mass is 490 g/mol. The van der Waals surface area contributed by atoms with Crippen molar-refractivity contribution in [2.75, 3.05) is 0 Å². The van der Waals surface area contributed by atoms with Crippen LogP contribution in [-0.4, -0.2) is 8.97 Å². The van der Waals surface area contributed by atoms with Crippen LogP contribution in [0.25, 0.3) is 60.8 Å². The molecule has 2 nitrogen and oxygen atoms in total. The van der Waals surface area contributed by atoms with E-state index in [1.54, 1.807) is 0 Å². The summed E-state index contributed by atoms with van der Waals surface area (Å²) >= 11 is 0. The summed E-state index contributed by atoms with van der Waals surface area (Å²) in [5.74, 6) is 1.36. The zero-order valence-corrected chi connectivity index (χ0v) is 22.3. The van der Waals surface area contributed by atoms with Gasteiger partial charge >= 0.3 is 0 Å². The zero-order valence-electron chi connectivity index (χ0n) is 22.3. The van der Waals surface area contributed by atoms with Gasteiger partial charge in [0.2, 0.25) is 0 Å². The molecule has 1 unspecified atom stereocenters. The van der Waals surface area contributed by atoms with E-state index in [2.05, 4.69) is 116 Å². The van der Waals surface area contributed by atoms with Crippen LogP contribution < -0.4 is 0 Å². The average molecular weight is 491 g/mol. The van der Waals surface area contributed by atoms with E-state index in [0.29, 0.717) is 17.8 Å². The Kier molecular flexibility index (Phi) is 3.79. The van der Waals surface area contributed by atoms with Gasteiger partial charge in [0, 0.05) is 56.2 Å². The Morgan fingerprint density at radius 3 is 2.03 bits per heavy atom. The first-order valence-corrected chi connectivity index (χ1v) is 14.1. The topological polar surface area (TPSA) is 9.34 Å². The Balaban J connectivity index is 1.42. The SMILES string of the molecule is CC(C)c1ccc2c3c1c1ccccc1n3C1=Cc3c(n4c5ccccc5c5c(C(C)C)ccc3c54)CC12. The highest BCUT2D eigenvalue weighted by Gasteiger charge is 2.38. The molecule has 7 aromatic rings. The van der Waals surface area contributed by atoms with Gasteiger partial charge in [0.1, 0.15) is 0 Å². The van der Waals surface area contributed by atoms with Gasteiger partial charge < -0.3 is 8.97 Å². The Morgan fingerprint density at radius 2 is 1.29 bits per heavy atom. The summed E-state index contributed by atoms with van der Waals surface area (Å²) in [4.78, 5) is 0. The molecule has 1 atom stereocenters. The summed E-state index contributed by atoms with van der Waals surface area (Å²) in [7, 11) is 0. The fourth-order valence-electron chi connectivity index (χ4n) is 7.95. The molecule has 3 aromatic heterocycles. The average Bonchev–Trinajstić information content (AvgIpc) is 3.64. The van der Waals surface area contributed by atoms with Gasteiger partial charge in [-0.05, 0) is 46.7 Å². The largest absolute Gasteiger partial charge is 0.312 e. The van der Waals surface area contributed by atoms with Crippen LogP contribution in [0.3, 0.4) is 0 Å². The second kappa shape index (κ2) is 6.88. The van der Waals surface area contributed by atoms with Crippen LogP contribution in [0.2, 0.25) is 0 Å². The molecular formula is C36H30N2. The molecule has 38 heavy (non-hydrogen) atoms. The maximum atomic E-state index is 2.61. The summed E-state index contributed by atoms with van der Waals surface area (Å²) < 4.78 is 5.21. The number of para-hydroxylation sites is 2. The standard InChI is InChI=1S/C36H30N2/c1-19(2)21-13-15-23-27-17-32-28(18-31(27)37-29-11-7-5-9-25(29)33(21)35(23)37)24-16-14-22(20(3)4)34-26-10-6-8-12-30(26)38(32)36(24)34/h5-17,19-20,28H,18H2,1-4H3. The molecule has 1 aliphatic heterocycles. The van der Waals surface area contributed by atoms with Gasteiger partial charge in [-0.2, -0.15) is 0 Å². The van der Waals surface area contributed by atoms with Crippen molar-refractivity contribution in [2.24, 2.45) is 0 Å². The van der Waals surface area contributed by atoms with Crippen molar-refractivity contribution in [3.8, 4) is 0 Å². The van der Waals surface area contributed by atoms with Crippen molar-refractivity contribution < 1.29 is 0 Å². The maximum Gasteiger partial charge on any atom is 0.0620 e. The van der Waals surface area contributed by atoms with Crippen molar-refractivity contribution in [1.82, 2.24) is 8.97 Å². The van der Waals surface area contributed by atoms with Gasteiger partial charge in [-0.25, -0.2) is 0 Å². The fraction of sp³-hybridized carbons (Fsp3) is 0.222. The lowest BCUT2D eigenvalue weighted by Crippen LogP contribution is -2.10. The third-order valence-corrected chi connectivity index (χ3v) is 9.52. The summed E-state index contributed by atoms with van der Waals surface area (Å²) in [6.45, 7) is 9.29. The van der Waals surface area contributed by atoms with E-state index < -0.39 is 0 Å². The molecule has 184 valence electrons. The van der Waals surface area contributed by atoms with Crippen molar-refractivity contribution >= 4 is 60.8 Å². The normalized spacial score (nSPS) is 16.7. The first kappa shape index (κ1) is 21.0. The highest BCUT2D eigenvalue weighted by molar-refractivity contribution is 6.20. The van der Waals surface area contributed by atoms with Crippen LogP contribution in [0.1, 0.15) is 73.4 Å². The molecule has 0 amide bonds. The molecule has 0 bridgehead atoms. The third-order valence-electron chi connectivity index (χ3n) is 9.52. The van der Waals surface area contributed by atoms with Gasteiger partial charge in [0.05, 0.1) is 22.1 Å². The fourth-order valence-corrected chi connectivity index (χ4v) is 7.95. The second-order valence-electron chi connectivity index (χ2n) is 12.1. The Labute approximate surface area is 222 Å². The van der Waals surface area contributed by atoms with Crippen LogP contribution in [0, 0.1) is 0 Å². The van der Waals surface area contributed by atoms with E-state index in [-0.39, 0.29) is 0 Å². The van der Waals surface area contributed by atoms with Crippen molar-refractivity contribution in [3.05, 3.63) is 101 Å². The minimum Gasteiger partial charge on any atom is -0.312 e. The molecule has 2 heteroatoms. The van der Waals surface area contributed by atoms with Gasteiger partial charge in [0.25, 0.3) is 0 Å². The molecule has 1 aliphatic carbocycles. The van der Waals surface area contributed by atoms with E-state index in [9.17, 15) is 0 Å². The van der Waals surface area contributed by atoms with Crippen LogP contribution in [0.15, 0.2) is 72.8 Å². The summed E-state index contributed by atoms with van der Waals surface area (Å²) in [5, 5.41) is 7.08. The van der Waals surface area contributed by atoms with Crippen LogP contribution in [0.4, 0.5) is 0 Å². The Hall–Kier alpha value is -4.04. The predicted octanol–water partition coefficient (Wildman–Crippen LogP) is 9.69. The minimum atomic E-state index is 0.382. The van der Waals surface area contributed by atoms with E-state index in [4.69, 9.17) is 0 Å². The smallest absolute Gasteiger partial charge is 0.0620 e. The van der Waals surface area contributed by atoms with Crippen molar-refractivity contribution in [1.29, 1.82) is 0 Å². The molecule has 0 saturated heterocycles. The van der Waals surface area contributed by atoms with E-state index in [0.717, 1.165) is 6.42 Å². The lowest BCUT2D eigenvalue weighted by molar-refractivity contribution is 0.814. The van der Waals surface area contributed by atoms with Crippen molar-refractivity contribution in [3.63, 3.8) is 0 Å². The van der Waals surface area contributed by atoms with Gasteiger partial charge in [-0.1, -0.05) is 88.4 Å². The first-order valence-electron chi connectivity index (χ1n) is 14.1. The van der Waals surface area contributed by atoms with Crippen molar-refractivity contribution in [2.45, 2.75) is 51.9 Å². The molecule has 4 aromatic carbocycles. The van der Waals surface area contributed by atoms with Gasteiger partial charge in [0.15, 0.2) is 0 Å². The molecule has 0 spiro atoms. The van der Waals surface area contributed by atoms with E-state index >= 15 is 0 Å². The van der Waals surface area contributed by atoms with Crippen LogP contribution in [-0.2, 0) is 6.42 Å². The lowest BCUT2D eigenvalue weighted by atomic mass is 9.84. The van der Waals surface area contributed by atoms with Crippen LogP contribution in [0.5, 0.6) is 0 Å². The molecular weight excluding hydrogens is 460 g/mol. The number of fused-ring (bicyclic) bond motifs is 12. The molecule has 4 heterocycles. The minimum absolute atomic E-state index is 0.382. The van der Waals surface area contributed by atoms with Gasteiger partial charge in [-0.3, -0.25) is 0 Å². The number of allylic oxidation sites excluding steroid dienone is 1. The summed E-state index contributed by atoms with van der Waals surface area (Å²) in [5.41, 5.74) is 14.3. The van der Waals surface area contributed by atoms with Crippen LogP contribution >= 0.6 is 0 Å². The Morgan fingerprint density at radius 1 is 0.658 bits per heavy atom. The third kappa shape index (κ3) is 2.28. The first-order chi connectivity index (χ1) is 18.5. The number of aromatic nitrogens is 2. The zero-order chi connectivity index (χ0) is 25.4. The predicted molar refractivity (Wildman–Crippen MR) is 162 cm³/mol. The number of nitrogens with zero attached hydrogens (tertiary/aromatic N) is 2. The Bertz CT molecular complexity index is 2160. The molecule has 0 saturated carbocycles. The quantitative estimate of drug-likeness (QED) is 0.228. The molecule has 2 aliphatic rings. The van der Waals surface area contributed by atoms with E-state index in [1.165, 1.54) is 82.6 Å². The summed E-state index contributed by atoms with van der Waals surface area (Å²) in [6, 6.07) is 27.7. The number of rotatable bonds is 2. The molecule has 9 rings (SSSR count).